The summed E-state index contributed by atoms with van der Waals surface area (Å²) in [6, 6.07) is 7.85. The van der Waals surface area contributed by atoms with Crippen molar-refractivity contribution in [3.05, 3.63) is 34.9 Å². The first kappa shape index (κ1) is 14.4. The minimum absolute atomic E-state index is 0.121. The molecule has 104 valence electrons. The lowest BCUT2D eigenvalue weighted by Gasteiger charge is -2.26. The van der Waals surface area contributed by atoms with E-state index in [4.69, 9.17) is 16.7 Å². The van der Waals surface area contributed by atoms with Crippen molar-refractivity contribution >= 4 is 17.6 Å². The van der Waals surface area contributed by atoms with Crippen LogP contribution in [-0.2, 0) is 11.3 Å². The Balaban J connectivity index is 1.68. The smallest absolute Gasteiger partial charge is 0.306 e. The molecule has 1 aliphatic rings. The Labute approximate surface area is 119 Å². The summed E-state index contributed by atoms with van der Waals surface area (Å²) in [6.45, 7) is 1.78. The molecule has 0 bridgehead atoms. The van der Waals surface area contributed by atoms with Crippen LogP contribution in [0.4, 0.5) is 0 Å². The van der Waals surface area contributed by atoms with Crippen molar-refractivity contribution in [2.45, 2.75) is 32.2 Å². The number of hydrogen-bond acceptors (Lipinski definition) is 2. The van der Waals surface area contributed by atoms with E-state index in [0.29, 0.717) is 5.92 Å². The van der Waals surface area contributed by atoms with Gasteiger partial charge in [0, 0.05) is 11.6 Å². The highest BCUT2D eigenvalue weighted by Crippen LogP contribution is 2.28. The number of carboxylic acids is 1. The van der Waals surface area contributed by atoms with Crippen LogP contribution >= 0.6 is 11.6 Å². The number of hydrogen-bond donors (Lipinski definition) is 2. The van der Waals surface area contributed by atoms with Crippen molar-refractivity contribution in [3.63, 3.8) is 0 Å². The summed E-state index contributed by atoms with van der Waals surface area (Å²) in [5.74, 6) is -0.149. The zero-order chi connectivity index (χ0) is 13.7. The Kier molecular flexibility index (Phi) is 5.23. The maximum atomic E-state index is 10.9. The molecule has 2 rings (SSSR count). The van der Waals surface area contributed by atoms with Crippen molar-refractivity contribution in [2.24, 2.45) is 11.8 Å². The predicted molar refractivity (Wildman–Crippen MR) is 76.2 cm³/mol. The first-order valence-corrected chi connectivity index (χ1v) is 7.21. The average molecular weight is 282 g/mol. The summed E-state index contributed by atoms with van der Waals surface area (Å²) in [4.78, 5) is 10.9. The quantitative estimate of drug-likeness (QED) is 0.870. The molecular formula is C15H20ClNO2. The van der Waals surface area contributed by atoms with Gasteiger partial charge >= 0.3 is 5.97 Å². The van der Waals surface area contributed by atoms with E-state index in [1.54, 1.807) is 0 Å². The van der Waals surface area contributed by atoms with Crippen molar-refractivity contribution in [2.75, 3.05) is 6.54 Å². The van der Waals surface area contributed by atoms with Crippen LogP contribution in [0.5, 0.6) is 0 Å². The third-order valence-electron chi connectivity index (χ3n) is 3.85. The minimum Gasteiger partial charge on any atom is -0.481 e. The molecule has 19 heavy (non-hydrogen) atoms. The van der Waals surface area contributed by atoms with Gasteiger partial charge in [-0.05, 0) is 55.8 Å². The lowest BCUT2D eigenvalue weighted by atomic mass is 9.82. The molecule has 0 heterocycles. The SMILES string of the molecule is O=C(O)C1CCC(CNCc2cccc(Cl)c2)CC1. The maximum Gasteiger partial charge on any atom is 0.306 e. The molecule has 1 fully saturated rings. The standard InChI is InChI=1S/C15H20ClNO2/c16-14-3-1-2-12(8-14)10-17-9-11-4-6-13(7-5-11)15(18)19/h1-3,8,11,13,17H,4-7,9-10H2,(H,18,19). The third kappa shape index (κ3) is 4.51. The Morgan fingerprint density at radius 2 is 2.05 bits per heavy atom. The van der Waals surface area contributed by atoms with E-state index < -0.39 is 5.97 Å². The molecule has 2 N–H and O–H groups in total. The zero-order valence-corrected chi connectivity index (χ0v) is 11.7. The molecule has 0 atom stereocenters. The fourth-order valence-corrected chi connectivity index (χ4v) is 2.89. The number of aliphatic carboxylic acids is 1. The molecule has 3 nitrogen and oxygen atoms in total. The van der Waals surface area contributed by atoms with Crippen LogP contribution < -0.4 is 5.32 Å². The van der Waals surface area contributed by atoms with Gasteiger partial charge in [0.15, 0.2) is 0 Å². The Hall–Kier alpha value is -1.06. The molecular weight excluding hydrogens is 262 g/mol. The van der Waals surface area contributed by atoms with Crippen LogP contribution in [-0.4, -0.2) is 17.6 Å². The molecule has 0 aromatic heterocycles. The van der Waals surface area contributed by atoms with E-state index in [1.165, 1.54) is 5.56 Å². The van der Waals surface area contributed by atoms with Gasteiger partial charge in [-0.25, -0.2) is 0 Å². The van der Waals surface area contributed by atoms with Crippen LogP contribution in [0.2, 0.25) is 5.02 Å². The van der Waals surface area contributed by atoms with Gasteiger partial charge in [-0.1, -0.05) is 23.7 Å². The van der Waals surface area contributed by atoms with E-state index in [0.717, 1.165) is 43.8 Å². The van der Waals surface area contributed by atoms with Crippen LogP contribution in [0.3, 0.4) is 0 Å². The van der Waals surface area contributed by atoms with Crippen LogP contribution in [0.15, 0.2) is 24.3 Å². The lowest BCUT2D eigenvalue weighted by Crippen LogP contribution is -2.28. The second-order valence-corrected chi connectivity index (χ2v) is 5.75. The first-order valence-electron chi connectivity index (χ1n) is 6.83. The third-order valence-corrected chi connectivity index (χ3v) is 4.08. The summed E-state index contributed by atoms with van der Waals surface area (Å²) >= 11 is 5.93. The molecule has 4 heteroatoms. The van der Waals surface area contributed by atoms with Gasteiger partial charge in [-0.2, -0.15) is 0 Å². The Morgan fingerprint density at radius 1 is 1.32 bits per heavy atom. The summed E-state index contributed by atoms with van der Waals surface area (Å²) in [6.07, 6.45) is 3.66. The van der Waals surface area contributed by atoms with Gasteiger partial charge < -0.3 is 10.4 Å². The van der Waals surface area contributed by atoms with Crippen molar-refractivity contribution in [3.8, 4) is 0 Å². The normalized spacial score (nSPS) is 23.2. The van der Waals surface area contributed by atoms with Crippen LogP contribution in [0, 0.1) is 11.8 Å². The summed E-state index contributed by atoms with van der Waals surface area (Å²) in [7, 11) is 0. The molecule has 1 aromatic carbocycles. The Morgan fingerprint density at radius 3 is 2.68 bits per heavy atom. The van der Waals surface area contributed by atoms with Gasteiger partial charge in [-0.15, -0.1) is 0 Å². The van der Waals surface area contributed by atoms with Crippen molar-refractivity contribution < 1.29 is 9.90 Å². The largest absolute Gasteiger partial charge is 0.481 e. The second kappa shape index (κ2) is 6.92. The fourth-order valence-electron chi connectivity index (χ4n) is 2.68. The van der Waals surface area contributed by atoms with E-state index in [9.17, 15) is 4.79 Å². The maximum absolute atomic E-state index is 10.9. The lowest BCUT2D eigenvalue weighted by molar-refractivity contribution is -0.143. The highest BCUT2D eigenvalue weighted by atomic mass is 35.5. The number of benzene rings is 1. The number of carboxylic acid groups (broad SMARTS) is 1. The predicted octanol–water partition coefficient (Wildman–Crippen LogP) is 3.32. The molecule has 0 spiro atoms. The van der Waals surface area contributed by atoms with Crippen LogP contribution in [0.25, 0.3) is 0 Å². The molecule has 1 aromatic rings. The summed E-state index contributed by atoms with van der Waals surface area (Å²) in [5.41, 5.74) is 1.19. The van der Waals surface area contributed by atoms with Gasteiger partial charge in [0.2, 0.25) is 0 Å². The van der Waals surface area contributed by atoms with Crippen LogP contribution in [0.1, 0.15) is 31.2 Å². The van der Waals surface area contributed by atoms with E-state index in [-0.39, 0.29) is 5.92 Å². The van der Waals surface area contributed by atoms with Gasteiger partial charge in [0.25, 0.3) is 0 Å². The summed E-state index contributed by atoms with van der Waals surface area (Å²) < 4.78 is 0. The molecule has 0 radical (unpaired) electrons. The highest BCUT2D eigenvalue weighted by Gasteiger charge is 2.25. The number of halogens is 1. The number of carbonyl (C=O) groups is 1. The molecule has 0 unspecified atom stereocenters. The molecule has 1 saturated carbocycles. The topological polar surface area (TPSA) is 49.3 Å². The molecule has 0 amide bonds. The molecule has 0 aliphatic heterocycles. The minimum atomic E-state index is -0.634. The number of nitrogens with one attached hydrogen (secondary N) is 1. The summed E-state index contributed by atoms with van der Waals surface area (Å²) in [5, 5.41) is 13.1. The number of rotatable bonds is 5. The van der Waals surface area contributed by atoms with E-state index >= 15 is 0 Å². The molecule has 0 saturated heterocycles. The fraction of sp³-hybridized carbons (Fsp3) is 0.533. The second-order valence-electron chi connectivity index (χ2n) is 5.32. The van der Waals surface area contributed by atoms with Crippen molar-refractivity contribution in [1.82, 2.24) is 5.32 Å². The highest BCUT2D eigenvalue weighted by molar-refractivity contribution is 6.30. The van der Waals surface area contributed by atoms with Crippen molar-refractivity contribution in [1.29, 1.82) is 0 Å². The van der Waals surface area contributed by atoms with E-state index in [2.05, 4.69) is 11.4 Å². The van der Waals surface area contributed by atoms with Gasteiger partial charge in [0.05, 0.1) is 5.92 Å². The van der Waals surface area contributed by atoms with Gasteiger partial charge in [0.1, 0.15) is 0 Å². The average Bonchev–Trinajstić information content (AvgIpc) is 2.39. The van der Waals surface area contributed by atoms with E-state index in [1.807, 2.05) is 18.2 Å². The first-order chi connectivity index (χ1) is 9.15. The monoisotopic (exact) mass is 281 g/mol. The van der Waals surface area contributed by atoms with Gasteiger partial charge in [-0.3, -0.25) is 4.79 Å². The Bertz CT molecular complexity index is 428. The zero-order valence-electron chi connectivity index (χ0n) is 10.9. The molecule has 1 aliphatic carbocycles.